The summed E-state index contributed by atoms with van der Waals surface area (Å²) < 4.78 is 5.41. The zero-order valence-electron chi connectivity index (χ0n) is 18.3. The van der Waals surface area contributed by atoms with Gasteiger partial charge >= 0.3 is 0 Å². The van der Waals surface area contributed by atoms with Crippen LogP contribution >= 0.6 is 0 Å². The highest BCUT2D eigenvalue weighted by Gasteiger charge is 2.17. The number of carbonyl (C=O) groups is 2. The van der Waals surface area contributed by atoms with Gasteiger partial charge in [-0.3, -0.25) is 14.5 Å². The Kier molecular flexibility index (Phi) is 9.23. The summed E-state index contributed by atoms with van der Waals surface area (Å²) in [6.07, 6.45) is 0.453. The van der Waals surface area contributed by atoms with Crippen LogP contribution in [0.3, 0.4) is 0 Å². The number of nitriles is 1. The summed E-state index contributed by atoms with van der Waals surface area (Å²) in [4.78, 5) is 29.1. The van der Waals surface area contributed by atoms with E-state index in [1.54, 1.807) is 4.90 Å². The monoisotopic (exact) mass is 434 g/mol. The lowest BCUT2D eigenvalue weighted by molar-refractivity contribution is -0.125. The largest absolute Gasteiger partial charge is 0.379 e. The summed E-state index contributed by atoms with van der Waals surface area (Å²) in [5.74, 6) is -0.317. The smallest absolute Gasteiger partial charge is 0.227 e. The van der Waals surface area contributed by atoms with Crippen LogP contribution < -0.4 is 10.2 Å². The zero-order valence-corrected chi connectivity index (χ0v) is 18.3. The van der Waals surface area contributed by atoms with E-state index < -0.39 is 0 Å². The molecule has 0 aliphatic carbocycles. The van der Waals surface area contributed by atoms with E-state index in [0.29, 0.717) is 13.1 Å². The Morgan fingerprint density at radius 3 is 2.41 bits per heavy atom. The Morgan fingerprint density at radius 1 is 1.00 bits per heavy atom. The molecule has 168 valence electrons. The summed E-state index contributed by atoms with van der Waals surface area (Å²) in [5.41, 5.74) is 3.02. The van der Waals surface area contributed by atoms with E-state index in [2.05, 4.69) is 22.4 Å². The SMILES string of the molecule is N#CCCN(C(=O)CCC(=O)NCc1ccccc1CN1CCOCC1)c1ccccc1. The van der Waals surface area contributed by atoms with Gasteiger partial charge in [-0.05, 0) is 23.3 Å². The first-order valence-electron chi connectivity index (χ1n) is 11.0. The minimum absolute atomic E-state index is 0.0988. The average Bonchev–Trinajstić information content (AvgIpc) is 2.84. The minimum Gasteiger partial charge on any atom is -0.379 e. The molecule has 1 fully saturated rings. The molecule has 32 heavy (non-hydrogen) atoms. The summed E-state index contributed by atoms with van der Waals surface area (Å²) in [6, 6.07) is 19.4. The van der Waals surface area contributed by atoms with Crippen LogP contribution in [0.5, 0.6) is 0 Å². The number of rotatable bonds is 10. The van der Waals surface area contributed by atoms with Gasteiger partial charge in [0.05, 0.1) is 25.7 Å². The Balaban J connectivity index is 1.50. The summed E-state index contributed by atoms with van der Waals surface area (Å²) in [6.45, 7) is 4.90. The first-order valence-corrected chi connectivity index (χ1v) is 11.0. The van der Waals surface area contributed by atoms with E-state index in [1.165, 1.54) is 5.56 Å². The van der Waals surface area contributed by atoms with E-state index in [4.69, 9.17) is 10.00 Å². The van der Waals surface area contributed by atoms with Crippen molar-refractivity contribution in [3.8, 4) is 6.07 Å². The van der Waals surface area contributed by atoms with Crippen molar-refractivity contribution in [1.29, 1.82) is 5.26 Å². The van der Waals surface area contributed by atoms with Crippen molar-refractivity contribution < 1.29 is 14.3 Å². The highest BCUT2D eigenvalue weighted by molar-refractivity contribution is 5.95. The third kappa shape index (κ3) is 7.19. The average molecular weight is 435 g/mol. The van der Waals surface area contributed by atoms with Crippen LogP contribution in [0.4, 0.5) is 5.69 Å². The van der Waals surface area contributed by atoms with Gasteiger partial charge in [-0.1, -0.05) is 42.5 Å². The molecule has 0 bridgehead atoms. The topological polar surface area (TPSA) is 85.7 Å². The number of para-hydroxylation sites is 1. The predicted molar refractivity (Wildman–Crippen MR) is 123 cm³/mol. The maximum Gasteiger partial charge on any atom is 0.227 e. The fourth-order valence-corrected chi connectivity index (χ4v) is 3.69. The van der Waals surface area contributed by atoms with Gasteiger partial charge in [0.2, 0.25) is 11.8 Å². The van der Waals surface area contributed by atoms with Crippen LogP contribution in [0, 0.1) is 11.3 Å². The predicted octanol–water partition coefficient (Wildman–Crippen LogP) is 2.86. The maximum absolute atomic E-state index is 12.7. The molecule has 7 heteroatoms. The fraction of sp³-hybridized carbons (Fsp3) is 0.400. The molecule has 0 radical (unpaired) electrons. The standard InChI is InChI=1S/C25H30N4O3/c26-13-6-14-29(23-9-2-1-3-10-23)25(31)12-11-24(30)27-19-21-7-4-5-8-22(21)20-28-15-17-32-18-16-28/h1-5,7-10H,6,11-12,14-20H2,(H,27,30). The molecule has 0 saturated carbocycles. The molecule has 0 aromatic heterocycles. The van der Waals surface area contributed by atoms with Crippen molar-refractivity contribution in [2.24, 2.45) is 0 Å². The molecule has 2 amide bonds. The number of hydrogen-bond acceptors (Lipinski definition) is 5. The van der Waals surface area contributed by atoms with Crippen LogP contribution in [-0.2, 0) is 27.4 Å². The third-order valence-electron chi connectivity index (χ3n) is 5.47. The normalized spacial score (nSPS) is 13.8. The number of nitrogens with one attached hydrogen (secondary N) is 1. The second-order valence-electron chi connectivity index (χ2n) is 7.72. The lowest BCUT2D eigenvalue weighted by Crippen LogP contribution is -2.36. The van der Waals surface area contributed by atoms with Gasteiger partial charge in [0.25, 0.3) is 0 Å². The van der Waals surface area contributed by atoms with Crippen molar-refractivity contribution in [3.05, 3.63) is 65.7 Å². The lowest BCUT2D eigenvalue weighted by atomic mass is 10.1. The quantitative estimate of drug-likeness (QED) is 0.622. The second kappa shape index (κ2) is 12.6. The van der Waals surface area contributed by atoms with Gasteiger partial charge in [-0.2, -0.15) is 5.26 Å². The molecular formula is C25H30N4O3. The van der Waals surface area contributed by atoms with Crippen molar-refractivity contribution in [2.75, 3.05) is 37.7 Å². The van der Waals surface area contributed by atoms with Gasteiger partial charge < -0.3 is 15.0 Å². The van der Waals surface area contributed by atoms with Crippen molar-refractivity contribution in [3.63, 3.8) is 0 Å². The number of anilines is 1. The number of benzene rings is 2. The maximum atomic E-state index is 12.7. The fourth-order valence-electron chi connectivity index (χ4n) is 3.69. The lowest BCUT2D eigenvalue weighted by Gasteiger charge is -2.27. The Labute approximate surface area is 189 Å². The van der Waals surface area contributed by atoms with E-state index in [0.717, 1.165) is 44.1 Å². The Morgan fingerprint density at radius 2 is 1.69 bits per heavy atom. The van der Waals surface area contributed by atoms with Crippen LogP contribution in [0.2, 0.25) is 0 Å². The highest BCUT2D eigenvalue weighted by Crippen LogP contribution is 2.16. The van der Waals surface area contributed by atoms with Gasteiger partial charge in [-0.25, -0.2) is 0 Å². The van der Waals surface area contributed by atoms with E-state index in [1.807, 2.05) is 48.5 Å². The van der Waals surface area contributed by atoms with Crippen LogP contribution in [0.15, 0.2) is 54.6 Å². The van der Waals surface area contributed by atoms with Gasteiger partial charge in [0, 0.05) is 51.3 Å². The first kappa shape index (κ1) is 23.5. The van der Waals surface area contributed by atoms with E-state index >= 15 is 0 Å². The molecule has 3 rings (SSSR count). The molecule has 1 aliphatic heterocycles. The minimum atomic E-state index is -0.159. The summed E-state index contributed by atoms with van der Waals surface area (Å²) in [7, 11) is 0. The van der Waals surface area contributed by atoms with Crippen LogP contribution in [-0.4, -0.2) is 49.6 Å². The third-order valence-corrected chi connectivity index (χ3v) is 5.47. The molecule has 0 unspecified atom stereocenters. The van der Waals surface area contributed by atoms with Crippen molar-refractivity contribution in [1.82, 2.24) is 10.2 Å². The van der Waals surface area contributed by atoms with E-state index in [9.17, 15) is 9.59 Å². The Hall–Kier alpha value is -3.21. The molecule has 7 nitrogen and oxygen atoms in total. The number of amides is 2. The molecule has 0 spiro atoms. The molecule has 2 aromatic carbocycles. The molecule has 1 saturated heterocycles. The van der Waals surface area contributed by atoms with Crippen molar-refractivity contribution >= 4 is 17.5 Å². The highest BCUT2D eigenvalue weighted by atomic mass is 16.5. The second-order valence-corrected chi connectivity index (χ2v) is 7.72. The molecular weight excluding hydrogens is 404 g/mol. The van der Waals surface area contributed by atoms with Gasteiger partial charge in [-0.15, -0.1) is 0 Å². The first-order chi connectivity index (χ1) is 15.7. The number of carbonyl (C=O) groups excluding carboxylic acids is 2. The molecule has 1 heterocycles. The number of hydrogen-bond donors (Lipinski definition) is 1. The van der Waals surface area contributed by atoms with Gasteiger partial charge in [0.1, 0.15) is 0 Å². The summed E-state index contributed by atoms with van der Waals surface area (Å²) in [5, 5.41) is 11.9. The Bertz CT molecular complexity index is 920. The van der Waals surface area contributed by atoms with Gasteiger partial charge in [0.15, 0.2) is 0 Å². The number of morpholine rings is 1. The number of ether oxygens (including phenoxy) is 1. The zero-order chi connectivity index (χ0) is 22.6. The van der Waals surface area contributed by atoms with Crippen LogP contribution in [0.25, 0.3) is 0 Å². The molecule has 0 atom stereocenters. The summed E-state index contributed by atoms with van der Waals surface area (Å²) >= 11 is 0. The molecule has 1 aliphatic rings. The van der Waals surface area contributed by atoms with Crippen LogP contribution in [0.1, 0.15) is 30.4 Å². The number of nitrogens with zero attached hydrogens (tertiary/aromatic N) is 3. The van der Waals surface area contributed by atoms with E-state index in [-0.39, 0.29) is 31.1 Å². The van der Waals surface area contributed by atoms with Crippen molar-refractivity contribution in [2.45, 2.75) is 32.4 Å². The molecule has 1 N–H and O–H groups in total. The molecule has 2 aromatic rings.